The van der Waals surface area contributed by atoms with Gasteiger partial charge in [0.25, 0.3) is 0 Å². The Morgan fingerprint density at radius 3 is 2.32 bits per heavy atom. The summed E-state index contributed by atoms with van der Waals surface area (Å²) in [7, 11) is 0. The molecule has 0 aromatic heterocycles. The number of nitrogens with zero attached hydrogens (tertiary/aromatic N) is 1. The van der Waals surface area contributed by atoms with E-state index in [1.807, 2.05) is 0 Å². The molecule has 6 heteroatoms. The van der Waals surface area contributed by atoms with Gasteiger partial charge in [-0.15, -0.1) is 12.4 Å². The van der Waals surface area contributed by atoms with E-state index in [1.165, 1.54) is 12.5 Å². The van der Waals surface area contributed by atoms with Crippen molar-refractivity contribution in [1.29, 1.82) is 0 Å². The summed E-state index contributed by atoms with van der Waals surface area (Å²) in [4.78, 5) is 14.7. The van der Waals surface area contributed by atoms with Crippen LogP contribution in [-0.4, -0.2) is 23.4 Å². The third kappa shape index (κ3) is 3.28. The highest BCUT2D eigenvalue weighted by Crippen LogP contribution is 2.42. The van der Waals surface area contributed by atoms with Gasteiger partial charge in [0.1, 0.15) is 11.6 Å². The predicted octanol–water partition coefficient (Wildman–Crippen LogP) is 3.42. The van der Waals surface area contributed by atoms with Crippen LogP contribution < -0.4 is 5.73 Å². The van der Waals surface area contributed by atoms with Crippen molar-refractivity contribution in [2.75, 3.05) is 6.54 Å². The molecule has 1 aromatic rings. The Kier molecular flexibility index (Phi) is 5.35. The summed E-state index contributed by atoms with van der Waals surface area (Å²) in [6, 6.07) is 2.57. The van der Waals surface area contributed by atoms with Crippen molar-refractivity contribution in [3.05, 3.63) is 34.9 Å². The van der Waals surface area contributed by atoms with E-state index >= 15 is 0 Å². The molecule has 3 aliphatic rings. The van der Waals surface area contributed by atoms with E-state index in [0.29, 0.717) is 35.9 Å². The second-order valence-corrected chi connectivity index (χ2v) is 7.69. The standard InChI is InChI=1S/C19H24F2N2O.ClH/c20-16-4-5-17(21)15-10-23(7-6-14(15)16)19(24)13-8-11-2-1-3-12(9-13)18(11)22;/h4-5,11-13,18H,1-3,6-10,22H2;1H. The Bertz CT molecular complexity index is 655. The van der Waals surface area contributed by atoms with Crippen molar-refractivity contribution >= 4 is 18.3 Å². The number of fused-ring (bicyclic) bond motifs is 3. The molecule has 1 heterocycles. The molecule has 1 amide bonds. The second-order valence-electron chi connectivity index (χ2n) is 7.69. The molecule has 4 rings (SSSR count). The summed E-state index contributed by atoms with van der Waals surface area (Å²) in [5.74, 6) is 0.213. The largest absolute Gasteiger partial charge is 0.338 e. The van der Waals surface area contributed by atoms with E-state index in [0.717, 1.165) is 31.7 Å². The second kappa shape index (κ2) is 7.20. The Hall–Kier alpha value is -1.20. The van der Waals surface area contributed by atoms with Crippen LogP contribution >= 0.6 is 12.4 Å². The van der Waals surface area contributed by atoms with Crippen molar-refractivity contribution in [2.45, 2.75) is 51.1 Å². The number of nitrogens with two attached hydrogens (primary N) is 1. The fourth-order valence-electron chi connectivity index (χ4n) is 5.03. The van der Waals surface area contributed by atoms with Crippen LogP contribution in [0.1, 0.15) is 43.2 Å². The fourth-order valence-corrected chi connectivity index (χ4v) is 5.03. The average Bonchev–Trinajstić information content (AvgIpc) is 2.57. The maximum Gasteiger partial charge on any atom is 0.226 e. The molecule has 2 N–H and O–H groups in total. The van der Waals surface area contributed by atoms with E-state index in [4.69, 9.17) is 5.73 Å². The topological polar surface area (TPSA) is 46.3 Å². The van der Waals surface area contributed by atoms with Gasteiger partial charge in [-0.05, 0) is 61.6 Å². The van der Waals surface area contributed by atoms with Crippen molar-refractivity contribution in [1.82, 2.24) is 4.90 Å². The number of carbonyl (C=O) groups is 1. The van der Waals surface area contributed by atoms with Gasteiger partial charge >= 0.3 is 0 Å². The minimum Gasteiger partial charge on any atom is -0.338 e. The van der Waals surface area contributed by atoms with Gasteiger partial charge in [0.05, 0.1) is 0 Å². The maximum atomic E-state index is 14.0. The van der Waals surface area contributed by atoms with Gasteiger partial charge in [0.15, 0.2) is 0 Å². The maximum absolute atomic E-state index is 14.0. The normalized spacial score (nSPS) is 31.1. The van der Waals surface area contributed by atoms with Gasteiger partial charge in [-0.2, -0.15) is 0 Å². The molecule has 1 aromatic carbocycles. The molecule has 0 saturated heterocycles. The lowest BCUT2D eigenvalue weighted by Gasteiger charge is -2.45. The van der Waals surface area contributed by atoms with Crippen LogP contribution in [0.2, 0.25) is 0 Å². The molecule has 0 spiro atoms. The lowest BCUT2D eigenvalue weighted by Crippen LogP contribution is -2.50. The van der Waals surface area contributed by atoms with Crippen LogP contribution in [0.25, 0.3) is 0 Å². The third-order valence-corrected chi connectivity index (χ3v) is 6.37. The summed E-state index contributed by atoms with van der Waals surface area (Å²) >= 11 is 0. The molecule has 138 valence electrons. The van der Waals surface area contributed by atoms with Gasteiger partial charge in [-0.1, -0.05) is 6.42 Å². The summed E-state index contributed by atoms with van der Waals surface area (Å²) < 4.78 is 27.9. The minimum atomic E-state index is -0.411. The quantitative estimate of drug-likeness (QED) is 0.823. The molecule has 2 bridgehead atoms. The minimum absolute atomic E-state index is 0. The third-order valence-electron chi connectivity index (χ3n) is 6.37. The van der Waals surface area contributed by atoms with Gasteiger partial charge in [-0.25, -0.2) is 8.78 Å². The molecule has 2 aliphatic carbocycles. The number of amides is 1. The highest BCUT2D eigenvalue weighted by atomic mass is 35.5. The first-order chi connectivity index (χ1) is 11.5. The number of benzene rings is 1. The number of carbonyl (C=O) groups excluding carboxylic acids is 1. The monoisotopic (exact) mass is 370 g/mol. The molecule has 3 nitrogen and oxygen atoms in total. The van der Waals surface area contributed by atoms with Gasteiger partial charge in [0, 0.05) is 30.6 Å². The van der Waals surface area contributed by atoms with Crippen molar-refractivity contribution in [3.63, 3.8) is 0 Å². The van der Waals surface area contributed by atoms with E-state index in [2.05, 4.69) is 0 Å². The zero-order chi connectivity index (χ0) is 16.8. The first kappa shape index (κ1) is 18.6. The van der Waals surface area contributed by atoms with E-state index in [-0.39, 0.29) is 42.6 Å². The van der Waals surface area contributed by atoms with Gasteiger partial charge < -0.3 is 10.6 Å². The van der Waals surface area contributed by atoms with Crippen LogP contribution in [0.5, 0.6) is 0 Å². The van der Waals surface area contributed by atoms with Crippen LogP contribution in [0.3, 0.4) is 0 Å². The smallest absolute Gasteiger partial charge is 0.226 e. The number of rotatable bonds is 1. The van der Waals surface area contributed by atoms with E-state index < -0.39 is 5.82 Å². The Morgan fingerprint density at radius 2 is 1.68 bits per heavy atom. The molecule has 2 saturated carbocycles. The SMILES string of the molecule is Cl.NC1C2CCCC1CC(C(=O)N1CCc3c(F)ccc(F)c3C1)C2. The number of hydrogen-bond acceptors (Lipinski definition) is 2. The van der Waals surface area contributed by atoms with Gasteiger partial charge in [0.2, 0.25) is 5.91 Å². The average molecular weight is 371 g/mol. The fraction of sp³-hybridized carbons (Fsp3) is 0.632. The summed E-state index contributed by atoms with van der Waals surface area (Å²) in [5, 5.41) is 0. The van der Waals surface area contributed by atoms with Crippen molar-refractivity contribution < 1.29 is 13.6 Å². The molecule has 2 fully saturated rings. The molecule has 25 heavy (non-hydrogen) atoms. The number of halogens is 3. The lowest BCUT2D eigenvalue weighted by atomic mass is 9.65. The summed E-state index contributed by atoms with van der Waals surface area (Å²) in [5.41, 5.74) is 7.09. The summed E-state index contributed by atoms with van der Waals surface area (Å²) in [6.45, 7) is 0.666. The highest BCUT2D eigenvalue weighted by Gasteiger charge is 2.42. The lowest BCUT2D eigenvalue weighted by molar-refractivity contribution is -0.139. The Morgan fingerprint density at radius 1 is 1.08 bits per heavy atom. The zero-order valence-electron chi connectivity index (χ0n) is 14.2. The molecule has 2 atom stereocenters. The van der Waals surface area contributed by atoms with Crippen LogP contribution in [0.15, 0.2) is 12.1 Å². The van der Waals surface area contributed by atoms with Gasteiger partial charge in [-0.3, -0.25) is 4.79 Å². The van der Waals surface area contributed by atoms with Crippen LogP contribution in [0.4, 0.5) is 8.78 Å². The van der Waals surface area contributed by atoms with E-state index in [9.17, 15) is 13.6 Å². The van der Waals surface area contributed by atoms with E-state index in [1.54, 1.807) is 4.90 Å². The van der Waals surface area contributed by atoms with Crippen LogP contribution in [-0.2, 0) is 17.8 Å². The molecular weight excluding hydrogens is 346 g/mol. The zero-order valence-corrected chi connectivity index (χ0v) is 15.0. The Balaban J connectivity index is 0.00000182. The van der Waals surface area contributed by atoms with Crippen molar-refractivity contribution in [3.8, 4) is 0 Å². The Labute approximate surface area is 153 Å². The van der Waals surface area contributed by atoms with Crippen molar-refractivity contribution in [2.24, 2.45) is 23.5 Å². The predicted molar refractivity (Wildman–Crippen MR) is 94.3 cm³/mol. The highest BCUT2D eigenvalue weighted by molar-refractivity contribution is 5.85. The molecule has 0 radical (unpaired) electrons. The first-order valence-corrected chi connectivity index (χ1v) is 9.04. The molecule has 1 aliphatic heterocycles. The summed E-state index contributed by atoms with van der Waals surface area (Å²) in [6.07, 6.45) is 5.54. The first-order valence-electron chi connectivity index (χ1n) is 9.04. The molecular formula is C19H25ClF2N2O. The number of hydrogen-bond donors (Lipinski definition) is 1. The molecule has 2 unspecified atom stereocenters. The van der Waals surface area contributed by atoms with Crippen LogP contribution in [0, 0.1) is 29.4 Å².